The zero-order valence-corrected chi connectivity index (χ0v) is 12.7. The number of rotatable bonds is 3. The van der Waals surface area contributed by atoms with E-state index >= 15 is 0 Å². The van der Waals surface area contributed by atoms with Crippen molar-refractivity contribution >= 4 is 0 Å². The first-order chi connectivity index (χ1) is 9.16. The summed E-state index contributed by atoms with van der Waals surface area (Å²) in [5, 5.41) is 9.83. The maximum Gasteiger partial charge on any atom is 0 e. The Labute approximate surface area is 130 Å². The Bertz CT molecular complexity index is 370. The summed E-state index contributed by atoms with van der Waals surface area (Å²) >= 11 is 0. The molecule has 0 saturated carbocycles. The molecule has 0 aliphatic heterocycles. The molecule has 0 heterocycles. The van der Waals surface area contributed by atoms with Crippen molar-refractivity contribution in [1.29, 1.82) is 0 Å². The van der Waals surface area contributed by atoms with Gasteiger partial charge in [-0.15, -0.1) is 0 Å². The van der Waals surface area contributed by atoms with Gasteiger partial charge in [-0.3, -0.25) is 0 Å². The van der Waals surface area contributed by atoms with E-state index in [0.717, 1.165) is 11.3 Å². The summed E-state index contributed by atoms with van der Waals surface area (Å²) in [6.45, 7) is 17.5. The van der Waals surface area contributed by atoms with Crippen LogP contribution in [0.15, 0.2) is 24.3 Å². The van der Waals surface area contributed by atoms with Crippen LogP contribution < -0.4 is 4.74 Å². The van der Waals surface area contributed by atoms with Crippen LogP contribution in [0.25, 0.3) is 0 Å². The summed E-state index contributed by atoms with van der Waals surface area (Å²) < 4.78 is 27.7. The van der Waals surface area contributed by atoms with Gasteiger partial charge in [0.25, 0.3) is 0 Å². The van der Waals surface area contributed by atoms with Crippen LogP contribution in [0.1, 0.15) is 25.5 Å². The molecular weight excluding hydrogens is 300 g/mol. The summed E-state index contributed by atoms with van der Waals surface area (Å²) in [4.78, 5) is 0. The van der Waals surface area contributed by atoms with E-state index in [1.54, 1.807) is 7.11 Å². The minimum absolute atomic E-state index is 0. The first-order valence-corrected chi connectivity index (χ1v) is 5.09. The van der Waals surface area contributed by atoms with Crippen LogP contribution in [0.4, 0.5) is 0 Å². The summed E-state index contributed by atoms with van der Waals surface area (Å²) in [7, 11) is 1.62. The quantitative estimate of drug-likeness (QED) is 0.684. The molecule has 1 N–H and O–H groups in total. The number of para-hydroxylation sites is 1. The standard InChI is InChI=1S/C11H16O2.3CO.Cr/c1-8(2)11(12)9-6-4-5-7-10(9)13-3;3*1-2;/h4-8,11-12H,1-3H3;;;;/t11-;;;;/m0..../s1. The van der Waals surface area contributed by atoms with Gasteiger partial charge in [-0.2, -0.15) is 0 Å². The van der Waals surface area contributed by atoms with E-state index in [2.05, 4.69) is 20.0 Å². The largest absolute Gasteiger partial charge is 0 e. The fraction of sp³-hybridized carbons (Fsp3) is 0.357. The molecule has 1 aromatic rings. The normalized spacial score (nSPS) is 8.75. The number of aliphatic hydroxyl groups is 1. The molecule has 0 radical (unpaired) electrons. The molecule has 0 aliphatic carbocycles. The van der Waals surface area contributed by atoms with Crippen LogP contribution in [-0.2, 0) is 31.3 Å². The second kappa shape index (κ2) is 20.1. The molecule has 6 heteroatoms. The van der Waals surface area contributed by atoms with Gasteiger partial charge >= 0.3 is 33.9 Å². The Morgan fingerprint density at radius 3 is 1.75 bits per heavy atom. The molecule has 1 atom stereocenters. The second-order valence-electron chi connectivity index (χ2n) is 3.43. The SMILES string of the molecule is COc1ccccc1[C@@H](O)C(C)C.[C-]#[O+].[C-]#[O+].[C-]#[O+].[Cr]. The Kier molecular flexibility index (Phi) is 27.2. The molecule has 108 valence electrons. The second-order valence-corrected chi connectivity index (χ2v) is 3.43. The van der Waals surface area contributed by atoms with Crippen molar-refractivity contribution in [2.75, 3.05) is 7.11 Å². The summed E-state index contributed by atoms with van der Waals surface area (Å²) in [6, 6.07) is 7.56. The molecule has 1 rings (SSSR count). The van der Waals surface area contributed by atoms with Gasteiger partial charge in [0, 0.05) is 22.9 Å². The van der Waals surface area contributed by atoms with E-state index in [4.69, 9.17) is 18.7 Å². The van der Waals surface area contributed by atoms with Crippen molar-refractivity contribution in [2.24, 2.45) is 5.92 Å². The van der Waals surface area contributed by atoms with Crippen molar-refractivity contribution in [1.82, 2.24) is 0 Å². The zero-order valence-electron chi connectivity index (χ0n) is 11.5. The molecule has 1 aromatic carbocycles. The van der Waals surface area contributed by atoms with E-state index in [1.165, 1.54) is 0 Å². The van der Waals surface area contributed by atoms with Gasteiger partial charge in [0.2, 0.25) is 0 Å². The molecule has 0 saturated heterocycles. The van der Waals surface area contributed by atoms with Crippen LogP contribution in [0.3, 0.4) is 0 Å². The first-order valence-electron chi connectivity index (χ1n) is 5.09. The van der Waals surface area contributed by atoms with Gasteiger partial charge in [0.05, 0.1) is 13.2 Å². The number of hydrogen-bond donors (Lipinski definition) is 1. The van der Waals surface area contributed by atoms with Crippen molar-refractivity contribution < 1.29 is 41.2 Å². The summed E-state index contributed by atoms with van der Waals surface area (Å²) in [5.41, 5.74) is 0.861. The molecule has 0 aromatic heterocycles. The monoisotopic (exact) mass is 316 g/mol. The van der Waals surface area contributed by atoms with E-state index in [-0.39, 0.29) is 23.3 Å². The molecule has 5 nitrogen and oxygen atoms in total. The van der Waals surface area contributed by atoms with Gasteiger partial charge in [-0.05, 0) is 12.0 Å². The molecule has 0 bridgehead atoms. The molecule has 0 unspecified atom stereocenters. The van der Waals surface area contributed by atoms with E-state index in [1.807, 2.05) is 38.1 Å². The third-order valence-electron chi connectivity index (χ3n) is 2.09. The van der Waals surface area contributed by atoms with Crippen molar-refractivity contribution in [3.63, 3.8) is 0 Å². The minimum Gasteiger partial charge on any atom is 0 e. The fourth-order valence-corrected chi connectivity index (χ4v) is 1.27. The molecule has 0 amide bonds. The van der Waals surface area contributed by atoms with Crippen molar-refractivity contribution in [3.05, 3.63) is 49.8 Å². The Morgan fingerprint density at radius 1 is 1.00 bits per heavy atom. The number of benzene rings is 1. The van der Waals surface area contributed by atoms with Gasteiger partial charge in [-0.25, -0.2) is 0 Å². The van der Waals surface area contributed by atoms with Gasteiger partial charge in [0.15, 0.2) is 0 Å². The Balaban J connectivity index is -0.000000162. The van der Waals surface area contributed by atoms with Gasteiger partial charge < -0.3 is 9.84 Å². The molecule has 0 spiro atoms. The Morgan fingerprint density at radius 2 is 1.40 bits per heavy atom. The zero-order chi connectivity index (χ0) is 15.8. The minimum atomic E-state index is -0.448. The van der Waals surface area contributed by atoms with Crippen LogP contribution in [0, 0.1) is 25.9 Å². The van der Waals surface area contributed by atoms with Crippen LogP contribution in [0.5, 0.6) is 5.75 Å². The fourth-order valence-electron chi connectivity index (χ4n) is 1.27. The topological polar surface area (TPSA) is 89.2 Å². The molecule has 0 fully saturated rings. The van der Waals surface area contributed by atoms with Crippen LogP contribution >= 0.6 is 0 Å². The molecule has 0 aliphatic rings. The van der Waals surface area contributed by atoms with Gasteiger partial charge in [-0.1, -0.05) is 32.0 Å². The molecular formula is C14H16CrO5. The molecule has 20 heavy (non-hydrogen) atoms. The van der Waals surface area contributed by atoms with Crippen molar-refractivity contribution in [3.8, 4) is 5.75 Å². The van der Waals surface area contributed by atoms with Gasteiger partial charge in [0.1, 0.15) is 5.75 Å². The van der Waals surface area contributed by atoms with E-state index in [9.17, 15) is 5.11 Å². The number of methoxy groups -OCH3 is 1. The average Bonchev–Trinajstić information content (AvgIpc) is 2.52. The maximum absolute atomic E-state index is 9.83. The van der Waals surface area contributed by atoms with E-state index in [0.29, 0.717) is 0 Å². The Hall–Kier alpha value is -1.27. The maximum atomic E-state index is 9.83. The van der Waals surface area contributed by atoms with Crippen LogP contribution in [-0.4, -0.2) is 12.2 Å². The van der Waals surface area contributed by atoms with Crippen molar-refractivity contribution in [2.45, 2.75) is 20.0 Å². The smallest absolute Gasteiger partial charge is 0 e. The predicted octanol–water partition coefficient (Wildman–Crippen LogP) is 2.27. The number of aliphatic hydroxyl groups excluding tert-OH is 1. The average molecular weight is 316 g/mol. The third kappa shape index (κ3) is 10.6. The number of hydrogen-bond acceptors (Lipinski definition) is 2. The predicted molar refractivity (Wildman–Crippen MR) is 64.6 cm³/mol. The summed E-state index contributed by atoms with van der Waals surface area (Å²) in [6.07, 6.45) is -0.448. The van der Waals surface area contributed by atoms with E-state index < -0.39 is 6.10 Å². The summed E-state index contributed by atoms with van der Waals surface area (Å²) in [5.74, 6) is 0.958. The number of ether oxygens (including phenoxy) is 1. The third-order valence-corrected chi connectivity index (χ3v) is 2.09. The van der Waals surface area contributed by atoms with Crippen LogP contribution in [0.2, 0.25) is 0 Å². The first kappa shape index (κ1) is 27.1.